The zero-order valence-corrected chi connectivity index (χ0v) is 30.5. The lowest BCUT2D eigenvalue weighted by Gasteiger charge is -2.22. The van der Waals surface area contributed by atoms with Crippen molar-refractivity contribution in [2.75, 3.05) is 0 Å². The Hall–Kier alpha value is -6.65. The van der Waals surface area contributed by atoms with Gasteiger partial charge in [0.1, 0.15) is 11.2 Å². The number of furan rings is 1. The lowest BCUT2D eigenvalue weighted by atomic mass is 9.83. The van der Waals surface area contributed by atoms with E-state index in [0.717, 1.165) is 49.8 Å². The van der Waals surface area contributed by atoms with E-state index in [1.165, 1.54) is 59.9 Å². The summed E-state index contributed by atoms with van der Waals surface area (Å²) in [6, 6.07) is 59.7. The minimum Gasteiger partial charge on any atom is -0.456 e. The topological polar surface area (TPSA) is 51.8 Å². The molecule has 1 fully saturated rings. The molecule has 4 heteroatoms. The van der Waals surface area contributed by atoms with Crippen LogP contribution in [0.4, 0.5) is 0 Å². The fraction of sp³-hybridized carbons (Fsp3) is 0.118. The molecule has 0 unspecified atom stereocenters. The maximum absolute atomic E-state index is 6.56. The molecule has 0 amide bonds. The average Bonchev–Trinajstić information content (AvgIpc) is 3.66. The Morgan fingerprint density at radius 3 is 1.45 bits per heavy atom. The Labute approximate surface area is 321 Å². The van der Waals surface area contributed by atoms with E-state index in [9.17, 15) is 0 Å². The Kier molecular flexibility index (Phi) is 8.57. The third kappa shape index (κ3) is 6.51. The van der Waals surface area contributed by atoms with Crippen molar-refractivity contribution < 1.29 is 4.42 Å². The van der Waals surface area contributed by atoms with Crippen molar-refractivity contribution in [3.05, 3.63) is 175 Å². The monoisotopic (exact) mass is 709 g/mol. The van der Waals surface area contributed by atoms with Crippen LogP contribution in [0.15, 0.2) is 174 Å². The largest absolute Gasteiger partial charge is 0.456 e. The average molecular weight is 710 g/mol. The number of nitrogens with zero attached hydrogens (tertiary/aromatic N) is 3. The summed E-state index contributed by atoms with van der Waals surface area (Å²) < 4.78 is 6.56. The summed E-state index contributed by atoms with van der Waals surface area (Å²) in [5, 5.41) is 2.21. The first-order chi connectivity index (χ1) is 27.2. The highest BCUT2D eigenvalue weighted by Crippen LogP contribution is 2.40. The van der Waals surface area contributed by atoms with Crippen LogP contribution in [0, 0.1) is 0 Å². The molecule has 1 saturated carbocycles. The van der Waals surface area contributed by atoms with Crippen molar-refractivity contribution in [1.82, 2.24) is 15.0 Å². The molecule has 10 rings (SSSR count). The first-order valence-electron chi connectivity index (χ1n) is 19.4. The summed E-state index contributed by atoms with van der Waals surface area (Å²) in [4.78, 5) is 15.2. The molecule has 1 aliphatic carbocycles. The molecular weight excluding hydrogens is 671 g/mol. The highest BCUT2D eigenvalue weighted by molar-refractivity contribution is 6.13. The van der Waals surface area contributed by atoms with Crippen molar-refractivity contribution in [3.8, 4) is 67.5 Å². The summed E-state index contributed by atoms with van der Waals surface area (Å²) in [5.74, 6) is 2.52. The smallest absolute Gasteiger partial charge is 0.164 e. The number of aromatic nitrogens is 3. The van der Waals surface area contributed by atoms with Crippen LogP contribution in [0.3, 0.4) is 0 Å². The lowest BCUT2D eigenvalue weighted by molar-refractivity contribution is 0.443. The number of hydrogen-bond acceptors (Lipinski definition) is 4. The van der Waals surface area contributed by atoms with E-state index in [0.29, 0.717) is 23.4 Å². The van der Waals surface area contributed by atoms with Crippen molar-refractivity contribution in [3.63, 3.8) is 0 Å². The minimum atomic E-state index is 0.597. The molecule has 0 atom stereocenters. The minimum absolute atomic E-state index is 0.597. The zero-order valence-electron chi connectivity index (χ0n) is 30.5. The van der Waals surface area contributed by atoms with Crippen molar-refractivity contribution in [2.45, 2.75) is 38.0 Å². The first-order valence-corrected chi connectivity index (χ1v) is 19.4. The van der Waals surface area contributed by atoms with Crippen LogP contribution >= 0.6 is 0 Å². The molecule has 0 aliphatic heterocycles. The van der Waals surface area contributed by atoms with Crippen LogP contribution in [-0.4, -0.2) is 15.0 Å². The molecule has 0 spiro atoms. The summed E-state index contributed by atoms with van der Waals surface area (Å²) in [6.45, 7) is 0. The van der Waals surface area contributed by atoms with Gasteiger partial charge in [-0.15, -0.1) is 0 Å². The van der Waals surface area contributed by atoms with Crippen molar-refractivity contribution in [1.29, 1.82) is 0 Å². The van der Waals surface area contributed by atoms with E-state index in [4.69, 9.17) is 19.4 Å². The quantitative estimate of drug-likeness (QED) is 0.165. The van der Waals surface area contributed by atoms with Gasteiger partial charge < -0.3 is 4.42 Å². The second kappa shape index (κ2) is 14.3. The molecule has 0 N–H and O–H groups in total. The lowest BCUT2D eigenvalue weighted by Crippen LogP contribution is -2.04. The predicted molar refractivity (Wildman–Crippen MR) is 226 cm³/mol. The standard InChI is InChI=1S/C51H39N3O/c1-4-11-34(12-5-1)37-19-25-40(26-20-37)44-17-10-18-46-48(44)45-32-31-43(33-47(45)55-46)51-53-49(41-27-21-38(22-28-41)35-13-6-2-7-14-35)52-50(54-51)42-29-23-39(24-30-42)36-15-8-3-9-16-36/h2-3,6-10,13-34H,1,4-5,11-12H2. The predicted octanol–water partition coefficient (Wildman–Crippen LogP) is 13.8. The third-order valence-corrected chi connectivity index (χ3v) is 11.2. The first kappa shape index (κ1) is 33.0. The van der Waals surface area contributed by atoms with Gasteiger partial charge in [-0.2, -0.15) is 0 Å². The number of fused-ring (bicyclic) bond motifs is 3. The number of hydrogen-bond donors (Lipinski definition) is 0. The van der Waals surface area contributed by atoms with E-state index < -0.39 is 0 Å². The maximum Gasteiger partial charge on any atom is 0.164 e. The van der Waals surface area contributed by atoms with E-state index in [1.807, 2.05) is 12.1 Å². The molecular formula is C51H39N3O. The highest BCUT2D eigenvalue weighted by atomic mass is 16.3. The second-order valence-corrected chi connectivity index (χ2v) is 14.6. The van der Waals surface area contributed by atoms with Gasteiger partial charge in [0, 0.05) is 27.5 Å². The summed E-state index contributed by atoms with van der Waals surface area (Å²) in [6.07, 6.45) is 6.65. The molecule has 1 aliphatic rings. The van der Waals surface area contributed by atoms with Gasteiger partial charge in [0.2, 0.25) is 0 Å². The van der Waals surface area contributed by atoms with Gasteiger partial charge in [-0.1, -0.05) is 171 Å². The zero-order chi connectivity index (χ0) is 36.6. The van der Waals surface area contributed by atoms with Crippen LogP contribution in [0.5, 0.6) is 0 Å². The van der Waals surface area contributed by atoms with Gasteiger partial charge in [-0.3, -0.25) is 0 Å². The molecule has 4 nitrogen and oxygen atoms in total. The molecule has 0 radical (unpaired) electrons. The van der Waals surface area contributed by atoms with Gasteiger partial charge in [0.05, 0.1) is 0 Å². The molecule has 2 heterocycles. The third-order valence-electron chi connectivity index (χ3n) is 11.2. The Morgan fingerprint density at radius 2 is 0.873 bits per heavy atom. The van der Waals surface area contributed by atoms with Crippen molar-refractivity contribution in [2.24, 2.45) is 0 Å². The van der Waals surface area contributed by atoms with Crippen LogP contribution in [0.25, 0.3) is 89.5 Å². The second-order valence-electron chi connectivity index (χ2n) is 14.6. The van der Waals surface area contributed by atoms with Gasteiger partial charge in [0.25, 0.3) is 0 Å². The van der Waals surface area contributed by atoms with E-state index in [1.54, 1.807) is 0 Å². The van der Waals surface area contributed by atoms with E-state index in [2.05, 4.69) is 158 Å². The summed E-state index contributed by atoms with van der Waals surface area (Å²) in [7, 11) is 0. The van der Waals surface area contributed by atoms with E-state index >= 15 is 0 Å². The van der Waals surface area contributed by atoms with Gasteiger partial charge in [-0.05, 0) is 75.9 Å². The Bertz CT molecular complexity index is 2650. The van der Waals surface area contributed by atoms with E-state index in [-0.39, 0.29) is 0 Å². The maximum atomic E-state index is 6.56. The van der Waals surface area contributed by atoms with Crippen LogP contribution in [-0.2, 0) is 0 Å². The molecule has 264 valence electrons. The molecule has 9 aromatic rings. The van der Waals surface area contributed by atoms with Crippen molar-refractivity contribution >= 4 is 21.9 Å². The molecule has 7 aromatic carbocycles. The molecule has 2 aromatic heterocycles. The fourth-order valence-electron chi connectivity index (χ4n) is 8.22. The fourth-order valence-corrected chi connectivity index (χ4v) is 8.22. The Balaban J connectivity index is 1.04. The van der Waals surface area contributed by atoms with Crippen LogP contribution in [0.1, 0.15) is 43.6 Å². The highest BCUT2D eigenvalue weighted by Gasteiger charge is 2.19. The number of benzene rings is 7. The number of rotatable bonds is 7. The molecule has 55 heavy (non-hydrogen) atoms. The summed E-state index contributed by atoms with van der Waals surface area (Å²) >= 11 is 0. The summed E-state index contributed by atoms with van der Waals surface area (Å²) in [5.41, 5.74) is 12.9. The SMILES string of the molecule is c1ccc(-c2ccc(-c3nc(-c4ccc(-c5ccccc5)cc4)nc(-c4ccc5c(c4)oc4cccc(-c6ccc(C7CCCCC7)cc6)c45)n3)cc2)cc1. The van der Waals surface area contributed by atoms with Gasteiger partial charge in [0.15, 0.2) is 17.5 Å². The normalized spacial score (nSPS) is 13.4. The Morgan fingerprint density at radius 1 is 0.382 bits per heavy atom. The van der Waals surface area contributed by atoms with Gasteiger partial charge >= 0.3 is 0 Å². The van der Waals surface area contributed by atoms with Gasteiger partial charge in [-0.25, -0.2) is 15.0 Å². The van der Waals surface area contributed by atoms with Crippen LogP contribution < -0.4 is 0 Å². The molecule has 0 saturated heterocycles. The molecule has 0 bridgehead atoms. The van der Waals surface area contributed by atoms with Crippen LogP contribution in [0.2, 0.25) is 0 Å².